The number of sulfonamides is 1. The summed E-state index contributed by atoms with van der Waals surface area (Å²) >= 11 is 0. The molecule has 0 radical (unpaired) electrons. The monoisotopic (exact) mass is 579 g/mol. The minimum atomic E-state index is -4.12. The zero-order valence-corrected chi connectivity index (χ0v) is 25.6. The molecule has 3 rings (SSSR count). The number of methoxy groups -OCH3 is 1. The van der Waals surface area contributed by atoms with Crippen molar-refractivity contribution in [1.29, 1.82) is 0 Å². The molecule has 9 heteroatoms. The number of hydrogen-bond acceptors (Lipinski definition) is 5. The van der Waals surface area contributed by atoms with Gasteiger partial charge in [-0.05, 0) is 75.6 Å². The molecule has 8 nitrogen and oxygen atoms in total. The summed E-state index contributed by atoms with van der Waals surface area (Å²) in [5, 5.41) is 2.90. The molecule has 0 unspecified atom stereocenters. The first kappa shape index (κ1) is 31.7. The van der Waals surface area contributed by atoms with Crippen LogP contribution in [0.4, 0.5) is 5.69 Å². The number of carbonyl (C=O) groups is 2. The number of nitrogens with zero attached hydrogens (tertiary/aromatic N) is 2. The highest BCUT2D eigenvalue weighted by molar-refractivity contribution is 7.92. The van der Waals surface area contributed by atoms with E-state index in [0.29, 0.717) is 18.0 Å². The molecule has 0 aliphatic carbocycles. The SMILES string of the molecule is CCCCNC(=O)[C@H](C)N(Cc1cccc(OC)c1)C(=O)CN(c1ccc(C)cc1C)S(=O)(=O)c1ccc(C)cc1. The van der Waals surface area contributed by atoms with Crippen LogP contribution in [0.5, 0.6) is 5.75 Å². The van der Waals surface area contributed by atoms with E-state index in [9.17, 15) is 18.0 Å². The average Bonchev–Trinajstić information content (AvgIpc) is 2.95. The van der Waals surface area contributed by atoms with Crippen LogP contribution >= 0.6 is 0 Å². The predicted molar refractivity (Wildman–Crippen MR) is 163 cm³/mol. The second-order valence-corrected chi connectivity index (χ2v) is 12.2. The van der Waals surface area contributed by atoms with Crippen LogP contribution in [0, 0.1) is 20.8 Å². The van der Waals surface area contributed by atoms with E-state index < -0.39 is 28.5 Å². The summed E-state index contributed by atoms with van der Waals surface area (Å²) in [6.45, 7) is 9.44. The van der Waals surface area contributed by atoms with Gasteiger partial charge in [0.15, 0.2) is 0 Å². The lowest BCUT2D eigenvalue weighted by Crippen LogP contribution is -2.51. The van der Waals surface area contributed by atoms with Crippen molar-refractivity contribution in [2.24, 2.45) is 0 Å². The summed E-state index contributed by atoms with van der Waals surface area (Å²) in [5.74, 6) is -0.176. The maximum atomic E-state index is 14.1. The number of hydrogen-bond donors (Lipinski definition) is 1. The molecule has 41 heavy (non-hydrogen) atoms. The van der Waals surface area contributed by atoms with E-state index in [1.165, 1.54) is 4.90 Å². The fourth-order valence-corrected chi connectivity index (χ4v) is 6.00. The first-order chi connectivity index (χ1) is 19.5. The first-order valence-corrected chi connectivity index (χ1v) is 15.3. The minimum absolute atomic E-state index is 0.0839. The number of ether oxygens (including phenoxy) is 1. The van der Waals surface area contributed by atoms with Crippen molar-refractivity contribution in [3.05, 3.63) is 89.0 Å². The van der Waals surface area contributed by atoms with E-state index in [1.54, 1.807) is 56.5 Å². The van der Waals surface area contributed by atoms with Gasteiger partial charge in [0.1, 0.15) is 18.3 Å². The molecule has 0 saturated heterocycles. The number of anilines is 1. The fraction of sp³-hybridized carbons (Fsp3) is 0.375. The zero-order chi connectivity index (χ0) is 30.2. The maximum Gasteiger partial charge on any atom is 0.264 e. The number of benzene rings is 3. The van der Waals surface area contributed by atoms with E-state index >= 15 is 0 Å². The van der Waals surface area contributed by atoms with Crippen LogP contribution in [-0.4, -0.2) is 51.4 Å². The van der Waals surface area contributed by atoms with Crippen molar-refractivity contribution in [2.75, 3.05) is 24.5 Å². The Morgan fingerprint density at radius 1 is 0.951 bits per heavy atom. The Balaban J connectivity index is 2.04. The standard InChI is InChI=1S/C32H41N3O5S/c1-7-8-18-33-32(37)26(5)34(21-27-10-9-11-28(20-27)40-6)31(36)22-35(30-17-14-24(3)19-25(30)4)41(38,39)29-15-12-23(2)13-16-29/h9-17,19-20,26H,7-8,18,21-22H2,1-6H3,(H,33,37)/t26-/m0/s1. The summed E-state index contributed by atoms with van der Waals surface area (Å²) in [6.07, 6.45) is 1.74. The van der Waals surface area contributed by atoms with Crippen molar-refractivity contribution >= 4 is 27.5 Å². The van der Waals surface area contributed by atoms with Crippen LogP contribution in [0.3, 0.4) is 0 Å². The second kappa shape index (κ2) is 14.2. The lowest BCUT2D eigenvalue weighted by atomic mass is 10.1. The molecule has 220 valence electrons. The highest BCUT2D eigenvalue weighted by Gasteiger charge is 2.33. The molecule has 0 spiro atoms. The predicted octanol–water partition coefficient (Wildman–Crippen LogP) is 5.15. The summed E-state index contributed by atoms with van der Waals surface area (Å²) in [7, 11) is -2.56. The molecule has 0 heterocycles. The van der Waals surface area contributed by atoms with Gasteiger partial charge < -0.3 is 15.0 Å². The third-order valence-corrected chi connectivity index (χ3v) is 8.77. The van der Waals surface area contributed by atoms with Gasteiger partial charge in [-0.1, -0.05) is 60.9 Å². The number of nitrogens with one attached hydrogen (secondary N) is 1. The van der Waals surface area contributed by atoms with Crippen LogP contribution < -0.4 is 14.4 Å². The number of unbranched alkanes of at least 4 members (excludes halogenated alkanes) is 1. The van der Waals surface area contributed by atoms with Gasteiger partial charge in [-0.25, -0.2) is 8.42 Å². The normalized spacial score (nSPS) is 12.0. The molecule has 1 N–H and O–H groups in total. The lowest BCUT2D eigenvalue weighted by Gasteiger charge is -2.32. The number of carbonyl (C=O) groups excluding carboxylic acids is 2. The summed E-state index contributed by atoms with van der Waals surface area (Å²) < 4.78 is 34.5. The number of rotatable bonds is 13. The Labute approximate surface area is 244 Å². The Morgan fingerprint density at radius 3 is 2.27 bits per heavy atom. The van der Waals surface area contributed by atoms with Crippen LogP contribution in [0.15, 0.2) is 71.6 Å². The van der Waals surface area contributed by atoms with Crippen LogP contribution in [0.2, 0.25) is 0 Å². The molecule has 0 fully saturated rings. The average molecular weight is 580 g/mol. The van der Waals surface area contributed by atoms with E-state index in [1.807, 2.05) is 52.0 Å². The Morgan fingerprint density at radius 2 is 1.63 bits per heavy atom. The highest BCUT2D eigenvalue weighted by Crippen LogP contribution is 2.28. The third kappa shape index (κ3) is 8.10. The molecule has 1 atom stereocenters. The maximum absolute atomic E-state index is 14.1. The van der Waals surface area contributed by atoms with Crippen LogP contribution in [0.25, 0.3) is 0 Å². The van der Waals surface area contributed by atoms with Gasteiger partial charge in [-0.2, -0.15) is 0 Å². The van der Waals surface area contributed by atoms with E-state index in [2.05, 4.69) is 5.32 Å². The van der Waals surface area contributed by atoms with Crippen LogP contribution in [0.1, 0.15) is 48.9 Å². The molecular formula is C32H41N3O5S. The zero-order valence-electron chi connectivity index (χ0n) is 24.8. The first-order valence-electron chi connectivity index (χ1n) is 13.8. The fourth-order valence-electron chi connectivity index (χ4n) is 4.52. The molecule has 0 aliphatic rings. The van der Waals surface area contributed by atoms with E-state index in [0.717, 1.165) is 39.4 Å². The Hall–Kier alpha value is -3.85. The second-order valence-electron chi connectivity index (χ2n) is 10.3. The van der Waals surface area contributed by atoms with Crippen molar-refractivity contribution < 1.29 is 22.7 Å². The van der Waals surface area contributed by atoms with Gasteiger partial charge in [0.2, 0.25) is 11.8 Å². The third-order valence-electron chi connectivity index (χ3n) is 6.99. The van der Waals surface area contributed by atoms with E-state index in [-0.39, 0.29) is 17.3 Å². The summed E-state index contributed by atoms with van der Waals surface area (Å²) in [5.41, 5.74) is 3.78. The molecular weight excluding hydrogens is 538 g/mol. The molecule has 2 amide bonds. The van der Waals surface area contributed by atoms with E-state index in [4.69, 9.17) is 4.74 Å². The van der Waals surface area contributed by atoms with Crippen molar-refractivity contribution in [3.8, 4) is 5.75 Å². The Kier molecular flexibility index (Phi) is 10.9. The van der Waals surface area contributed by atoms with Gasteiger partial charge in [-0.3, -0.25) is 13.9 Å². The number of aryl methyl sites for hydroxylation is 3. The minimum Gasteiger partial charge on any atom is -0.497 e. The smallest absolute Gasteiger partial charge is 0.264 e. The molecule has 0 bridgehead atoms. The van der Waals surface area contributed by atoms with Crippen LogP contribution in [-0.2, 0) is 26.2 Å². The van der Waals surface area contributed by atoms with Crippen molar-refractivity contribution in [1.82, 2.24) is 10.2 Å². The quantitative estimate of drug-likeness (QED) is 0.283. The molecule has 0 aromatic heterocycles. The van der Waals surface area contributed by atoms with Gasteiger partial charge in [0, 0.05) is 13.1 Å². The topological polar surface area (TPSA) is 96.0 Å². The Bertz CT molecular complexity index is 1450. The van der Waals surface area contributed by atoms with Crippen molar-refractivity contribution in [2.45, 2.75) is 64.9 Å². The van der Waals surface area contributed by atoms with Crippen molar-refractivity contribution in [3.63, 3.8) is 0 Å². The van der Waals surface area contributed by atoms with Gasteiger partial charge in [0.05, 0.1) is 17.7 Å². The molecule has 0 saturated carbocycles. The van der Waals surface area contributed by atoms with Gasteiger partial charge >= 0.3 is 0 Å². The van der Waals surface area contributed by atoms with Gasteiger partial charge in [0.25, 0.3) is 10.0 Å². The molecule has 3 aromatic carbocycles. The summed E-state index contributed by atoms with van der Waals surface area (Å²) in [6, 6.07) is 18.4. The largest absolute Gasteiger partial charge is 0.497 e. The molecule has 3 aromatic rings. The molecule has 0 aliphatic heterocycles. The highest BCUT2D eigenvalue weighted by atomic mass is 32.2. The lowest BCUT2D eigenvalue weighted by molar-refractivity contribution is -0.139. The summed E-state index contributed by atoms with van der Waals surface area (Å²) in [4.78, 5) is 28.7. The van der Waals surface area contributed by atoms with Gasteiger partial charge in [-0.15, -0.1) is 0 Å². The number of amides is 2.